The molecule has 0 saturated carbocycles. The predicted octanol–water partition coefficient (Wildman–Crippen LogP) is 0.935. The number of hydrogen-bond donors (Lipinski definition) is 1. The molecule has 0 spiro atoms. The summed E-state index contributed by atoms with van der Waals surface area (Å²) < 4.78 is 0. The minimum atomic E-state index is 0.273. The lowest BCUT2D eigenvalue weighted by atomic mass is 10.1. The Morgan fingerprint density at radius 2 is 2.43 bits per heavy atom. The molecular weight excluding hydrogens is 196 g/mol. The molecule has 0 aromatic rings. The van der Waals surface area contributed by atoms with Crippen LogP contribution in [0.5, 0.6) is 0 Å². The standard InChI is InChI=1S/C10H20N2OS/c1-8(6-11)5-10(13)12-3-4-14-9(2)7-12/h8-9H,3-7,11H2,1-2H3. The van der Waals surface area contributed by atoms with Gasteiger partial charge in [0.15, 0.2) is 0 Å². The van der Waals surface area contributed by atoms with E-state index < -0.39 is 0 Å². The monoisotopic (exact) mass is 216 g/mol. The summed E-state index contributed by atoms with van der Waals surface area (Å²) in [6.07, 6.45) is 0.605. The number of carbonyl (C=O) groups is 1. The van der Waals surface area contributed by atoms with Crippen LogP contribution in [0.3, 0.4) is 0 Å². The van der Waals surface area contributed by atoms with Crippen LogP contribution in [0.1, 0.15) is 20.3 Å². The first kappa shape index (κ1) is 11.9. The van der Waals surface area contributed by atoms with Crippen LogP contribution in [0.25, 0.3) is 0 Å². The molecule has 82 valence electrons. The van der Waals surface area contributed by atoms with E-state index in [0.717, 1.165) is 18.8 Å². The first-order valence-electron chi connectivity index (χ1n) is 5.23. The van der Waals surface area contributed by atoms with Gasteiger partial charge >= 0.3 is 0 Å². The van der Waals surface area contributed by atoms with E-state index in [4.69, 9.17) is 5.73 Å². The van der Waals surface area contributed by atoms with Gasteiger partial charge in [0.25, 0.3) is 0 Å². The van der Waals surface area contributed by atoms with Crippen LogP contribution in [0, 0.1) is 5.92 Å². The smallest absolute Gasteiger partial charge is 0.222 e. The quantitative estimate of drug-likeness (QED) is 0.763. The van der Waals surface area contributed by atoms with E-state index in [1.54, 1.807) is 0 Å². The third-order valence-corrected chi connectivity index (χ3v) is 3.66. The Labute approximate surface area is 90.4 Å². The molecule has 1 aliphatic rings. The van der Waals surface area contributed by atoms with E-state index in [9.17, 15) is 4.79 Å². The van der Waals surface area contributed by atoms with E-state index in [0.29, 0.717) is 24.1 Å². The van der Waals surface area contributed by atoms with Crippen LogP contribution in [0.15, 0.2) is 0 Å². The average molecular weight is 216 g/mol. The summed E-state index contributed by atoms with van der Waals surface area (Å²) in [6, 6.07) is 0. The number of thioether (sulfide) groups is 1. The van der Waals surface area contributed by atoms with Crippen LogP contribution in [-0.4, -0.2) is 41.4 Å². The number of amides is 1. The lowest BCUT2D eigenvalue weighted by molar-refractivity contribution is -0.131. The van der Waals surface area contributed by atoms with Crippen molar-refractivity contribution in [3.05, 3.63) is 0 Å². The molecular formula is C10H20N2OS. The molecule has 0 radical (unpaired) electrons. The second-order valence-electron chi connectivity index (χ2n) is 4.07. The van der Waals surface area contributed by atoms with Crippen LogP contribution >= 0.6 is 11.8 Å². The highest BCUT2D eigenvalue weighted by atomic mass is 32.2. The van der Waals surface area contributed by atoms with Gasteiger partial charge in [-0.25, -0.2) is 0 Å². The summed E-state index contributed by atoms with van der Waals surface area (Å²) in [7, 11) is 0. The van der Waals surface area contributed by atoms with Gasteiger partial charge in [-0.1, -0.05) is 13.8 Å². The Kier molecular flexibility index (Phi) is 4.75. The summed E-state index contributed by atoms with van der Waals surface area (Å²) in [5.74, 6) is 1.66. The predicted molar refractivity (Wildman–Crippen MR) is 61.3 cm³/mol. The maximum atomic E-state index is 11.8. The molecule has 1 fully saturated rings. The summed E-state index contributed by atoms with van der Waals surface area (Å²) >= 11 is 1.95. The molecule has 3 nitrogen and oxygen atoms in total. The minimum absolute atomic E-state index is 0.273. The third-order valence-electron chi connectivity index (χ3n) is 2.52. The van der Waals surface area contributed by atoms with Crippen molar-refractivity contribution in [3.8, 4) is 0 Å². The van der Waals surface area contributed by atoms with Crippen molar-refractivity contribution in [1.29, 1.82) is 0 Å². The second kappa shape index (κ2) is 5.61. The highest BCUT2D eigenvalue weighted by molar-refractivity contribution is 7.99. The Morgan fingerprint density at radius 1 is 1.71 bits per heavy atom. The fourth-order valence-electron chi connectivity index (χ4n) is 1.56. The molecule has 2 N–H and O–H groups in total. The van der Waals surface area contributed by atoms with Crippen molar-refractivity contribution in [2.75, 3.05) is 25.4 Å². The molecule has 2 unspecified atom stereocenters. The lowest BCUT2D eigenvalue weighted by Gasteiger charge is -2.31. The van der Waals surface area contributed by atoms with E-state index in [-0.39, 0.29) is 5.91 Å². The van der Waals surface area contributed by atoms with Gasteiger partial charge in [0.1, 0.15) is 0 Å². The zero-order chi connectivity index (χ0) is 10.6. The first-order valence-corrected chi connectivity index (χ1v) is 6.27. The zero-order valence-electron chi connectivity index (χ0n) is 9.03. The molecule has 1 rings (SSSR count). The normalized spacial score (nSPS) is 24.8. The van der Waals surface area contributed by atoms with Gasteiger partial charge in [0, 0.05) is 30.5 Å². The molecule has 4 heteroatoms. The van der Waals surface area contributed by atoms with E-state index >= 15 is 0 Å². The Bertz CT molecular complexity index is 199. The second-order valence-corrected chi connectivity index (χ2v) is 5.61. The van der Waals surface area contributed by atoms with Crippen LogP contribution in [-0.2, 0) is 4.79 Å². The van der Waals surface area contributed by atoms with Gasteiger partial charge < -0.3 is 10.6 Å². The number of hydrogen-bond acceptors (Lipinski definition) is 3. The highest BCUT2D eigenvalue weighted by Crippen LogP contribution is 2.18. The van der Waals surface area contributed by atoms with Crippen molar-refractivity contribution in [2.24, 2.45) is 11.7 Å². The number of carbonyl (C=O) groups excluding carboxylic acids is 1. The molecule has 1 aliphatic heterocycles. The topological polar surface area (TPSA) is 46.3 Å². The fraction of sp³-hybridized carbons (Fsp3) is 0.900. The van der Waals surface area contributed by atoms with Crippen LogP contribution < -0.4 is 5.73 Å². The van der Waals surface area contributed by atoms with Crippen molar-refractivity contribution in [3.63, 3.8) is 0 Å². The summed E-state index contributed by atoms with van der Waals surface area (Å²) in [5, 5.41) is 0.584. The first-order chi connectivity index (χ1) is 6.63. The van der Waals surface area contributed by atoms with E-state index in [2.05, 4.69) is 6.92 Å². The zero-order valence-corrected chi connectivity index (χ0v) is 9.85. The SMILES string of the molecule is CC(CN)CC(=O)N1CCSC(C)C1. The molecule has 0 aromatic carbocycles. The molecule has 1 amide bonds. The molecule has 1 heterocycles. The Hall–Kier alpha value is -0.220. The van der Waals surface area contributed by atoms with Crippen LogP contribution in [0.4, 0.5) is 0 Å². The van der Waals surface area contributed by atoms with Crippen molar-refractivity contribution >= 4 is 17.7 Å². The number of rotatable bonds is 3. The fourth-order valence-corrected chi connectivity index (χ4v) is 2.57. The number of nitrogens with zero attached hydrogens (tertiary/aromatic N) is 1. The maximum absolute atomic E-state index is 11.8. The molecule has 0 aromatic heterocycles. The summed E-state index contributed by atoms with van der Waals surface area (Å²) in [5.41, 5.74) is 5.50. The van der Waals surface area contributed by atoms with Gasteiger partial charge in [-0.05, 0) is 12.5 Å². The summed E-state index contributed by atoms with van der Waals surface area (Å²) in [6.45, 7) is 6.62. The van der Waals surface area contributed by atoms with Crippen molar-refractivity contribution < 1.29 is 4.79 Å². The van der Waals surface area contributed by atoms with E-state index in [1.165, 1.54) is 0 Å². The third kappa shape index (κ3) is 3.50. The van der Waals surface area contributed by atoms with Gasteiger partial charge in [0.05, 0.1) is 0 Å². The lowest BCUT2D eigenvalue weighted by Crippen LogP contribution is -2.41. The van der Waals surface area contributed by atoms with Crippen molar-refractivity contribution in [2.45, 2.75) is 25.5 Å². The summed E-state index contributed by atoms with van der Waals surface area (Å²) in [4.78, 5) is 13.8. The van der Waals surface area contributed by atoms with Crippen LogP contribution in [0.2, 0.25) is 0 Å². The van der Waals surface area contributed by atoms with Gasteiger partial charge in [-0.15, -0.1) is 0 Å². The Balaban J connectivity index is 2.36. The average Bonchev–Trinajstić information content (AvgIpc) is 2.17. The van der Waals surface area contributed by atoms with Gasteiger partial charge in [-0.3, -0.25) is 4.79 Å². The Morgan fingerprint density at radius 3 is 3.00 bits per heavy atom. The van der Waals surface area contributed by atoms with Gasteiger partial charge in [0.2, 0.25) is 5.91 Å². The molecule has 2 atom stereocenters. The van der Waals surface area contributed by atoms with E-state index in [1.807, 2.05) is 23.6 Å². The van der Waals surface area contributed by atoms with Gasteiger partial charge in [-0.2, -0.15) is 11.8 Å². The molecule has 1 saturated heterocycles. The largest absolute Gasteiger partial charge is 0.341 e. The number of nitrogens with two attached hydrogens (primary N) is 1. The highest BCUT2D eigenvalue weighted by Gasteiger charge is 2.21. The molecule has 14 heavy (non-hydrogen) atoms. The van der Waals surface area contributed by atoms with Crippen molar-refractivity contribution in [1.82, 2.24) is 4.90 Å². The molecule has 0 aliphatic carbocycles. The molecule has 0 bridgehead atoms. The maximum Gasteiger partial charge on any atom is 0.222 e. The minimum Gasteiger partial charge on any atom is -0.341 e.